The first-order chi connectivity index (χ1) is 12.1. The molecule has 1 saturated heterocycles. The van der Waals surface area contributed by atoms with E-state index < -0.39 is 0 Å². The lowest BCUT2D eigenvalue weighted by Gasteiger charge is -2.07. The second-order valence-corrected chi connectivity index (χ2v) is 7.34. The fourth-order valence-corrected chi connectivity index (χ4v) is 3.38. The topological polar surface area (TPSA) is 59.9 Å². The zero-order chi connectivity index (χ0) is 17.8. The fourth-order valence-electron chi connectivity index (χ4n) is 2.19. The average Bonchev–Trinajstić information content (AvgIpc) is 2.96. The summed E-state index contributed by atoms with van der Waals surface area (Å²) in [6.07, 6.45) is 1.79. The highest BCUT2D eigenvalue weighted by molar-refractivity contribution is 14.1. The number of thioether (sulfide) groups is 1. The molecule has 7 heteroatoms. The Bertz CT molecular complexity index is 863. The highest BCUT2D eigenvalue weighted by Gasteiger charge is 2.24. The molecular weight excluding hydrogens is 451 g/mol. The van der Waals surface area contributed by atoms with Crippen molar-refractivity contribution in [3.8, 4) is 11.5 Å². The van der Waals surface area contributed by atoms with E-state index in [1.807, 2.05) is 36.4 Å². The van der Waals surface area contributed by atoms with Crippen LogP contribution < -0.4 is 14.8 Å². The first-order valence-corrected chi connectivity index (χ1v) is 9.26. The molecule has 3 rings (SSSR count). The van der Waals surface area contributed by atoms with E-state index >= 15 is 0 Å². The summed E-state index contributed by atoms with van der Waals surface area (Å²) in [6.45, 7) is 0. The predicted molar refractivity (Wildman–Crippen MR) is 110 cm³/mol. The van der Waals surface area contributed by atoms with Crippen molar-refractivity contribution in [2.45, 2.75) is 0 Å². The summed E-state index contributed by atoms with van der Waals surface area (Å²) >= 11 is 3.54. The zero-order valence-corrected chi connectivity index (χ0v) is 16.6. The van der Waals surface area contributed by atoms with Gasteiger partial charge in [-0.2, -0.15) is 0 Å². The second-order valence-electron chi connectivity index (χ2n) is 5.07. The van der Waals surface area contributed by atoms with E-state index in [1.54, 1.807) is 26.4 Å². The van der Waals surface area contributed by atoms with Gasteiger partial charge in [-0.1, -0.05) is 0 Å². The molecule has 25 heavy (non-hydrogen) atoms. The SMILES string of the molecule is COc1ccc(/C=C2/SC(=Nc3ccc(I)cc3)NC2=O)c(OC)c1. The molecule has 5 nitrogen and oxygen atoms in total. The minimum absolute atomic E-state index is 0.174. The van der Waals surface area contributed by atoms with Crippen LogP contribution in [0.2, 0.25) is 0 Å². The Balaban J connectivity index is 1.85. The first kappa shape index (κ1) is 17.8. The molecule has 0 spiro atoms. The number of benzene rings is 2. The monoisotopic (exact) mass is 466 g/mol. The number of ether oxygens (including phenoxy) is 2. The van der Waals surface area contributed by atoms with E-state index in [2.05, 4.69) is 32.9 Å². The first-order valence-electron chi connectivity index (χ1n) is 7.36. The van der Waals surface area contributed by atoms with Gasteiger partial charge in [-0.3, -0.25) is 4.79 Å². The van der Waals surface area contributed by atoms with Crippen molar-refractivity contribution < 1.29 is 14.3 Å². The van der Waals surface area contributed by atoms with Crippen molar-refractivity contribution >= 4 is 57.2 Å². The Hall–Kier alpha value is -2.00. The molecule has 1 aliphatic rings. The number of amides is 1. The van der Waals surface area contributed by atoms with Crippen LogP contribution in [0.15, 0.2) is 52.4 Å². The number of carbonyl (C=O) groups excluding carboxylic acids is 1. The molecule has 1 aliphatic heterocycles. The molecule has 0 saturated carbocycles. The number of methoxy groups -OCH3 is 2. The van der Waals surface area contributed by atoms with Gasteiger partial charge in [0.1, 0.15) is 11.5 Å². The summed E-state index contributed by atoms with van der Waals surface area (Å²) < 4.78 is 11.7. The number of aliphatic imine (C=N–C) groups is 1. The number of nitrogens with zero attached hydrogens (tertiary/aromatic N) is 1. The van der Waals surface area contributed by atoms with Gasteiger partial charge in [0.25, 0.3) is 5.91 Å². The normalized spacial score (nSPS) is 17.0. The smallest absolute Gasteiger partial charge is 0.264 e. The molecule has 0 aromatic heterocycles. The third kappa shape index (κ3) is 4.35. The van der Waals surface area contributed by atoms with Crippen LogP contribution in [-0.2, 0) is 4.79 Å². The highest BCUT2D eigenvalue weighted by atomic mass is 127. The number of carbonyl (C=O) groups is 1. The summed E-state index contributed by atoms with van der Waals surface area (Å²) in [6, 6.07) is 13.2. The van der Waals surface area contributed by atoms with Gasteiger partial charge in [0.15, 0.2) is 5.17 Å². The fraction of sp³-hybridized carbons (Fsp3) is 0.111. The number of hydrogen-bond donors (Lipinski definition) is 1. The Morgan fingerprint density at radius 3 is 2.56 bits per heavy atom. The quantitative estimate of drug-likeness (QED) is 0.542. The molecule has 1 heterocycles. The Labute approximate surface area is 163 Å². The van der Waals surface area contributed by atoms with E-state index in [0.29, 0.717) is 21.6 Å². The molecule has 0 atom stereocenters. The molecule has 0 unspecified atom stereocenters. The number of rotatable bonds is 4. The van der Waals surface area contributed by atoms with E-state index in [-0.39, 0.29) is 5.91 Å². The van der Waals surface area contributed by atoms with Crippen LogP contribution in [0.5, 0.6) is 11.5 Å². The lowest BCUT2D eigenvalue weighted by Crippen LogP contribution is -2.19. The van der Waals surface area contributed by atoms with Gasteiger partial charge in [0.05, 0.1) is 24.8 Å². The predicted octanol–water partition coefficient (Wildman–Crippen LogP) is 4.20. The molecular formula is C18H15IN2O3S. The number of amidine groups is 1. The number of hydrogen-bond acceptors (Lipinski definition) is 5. The molecule has 2 aromatic rings. The van der Waals surface area contributed by atoms with Crippen molar-refractivity contribution in [3.05, 3.63) is 56.5 Å². The van der Waals surface area contributed by atoms with E-state index in [1.165, 1.54) is 11.8 Å². The molecule has 0 radical (unpaired) electrons. The highest BCUT2D eigenvalue weighted by Crippen LogP contribution is 2.32. The average molecular weight is 466 g/mol. The molecule has 2 aromatic carbocycles. The molecule has 0 bridgehead atoms. The van der Waals surface area contributed by atoms with Crippen LogP contribution >= 0.6 is 34.4 Å². The van der Waals surface area contributed by atoms with Gasteiger partial charge in [-0.05, 0) is 76.8 Å². The summed E-state index contributed by atoms with van der Waals surface area (Å²) in [5, 5.41) is 3.35. The second kappa shape index (κ2) is 7.92. The van der Waals surface area contributed by atoms with Crippen molar-refractivity contribution in [1.82, 2.24) is 5.32 Å². The maximum absolute atomic E-state index is 12.2. The van der Waals surface area contributed by atoms with Crippen molar-refractivity contribution in [2.75, 3.05) is 14.2 Å². The van der Waals surface area contributed by atoms with Crippen LogP contribution in [0.25, 0.3) is 6.08 Å². The Morgan fingerprint density at radius 1 is 1.12 bits per heavy atom. The summed E-state index contributed by atoms with van der Waals surface area (Å²) in [5.41, 5.74) is 1.60. The van der Waals surface area contributed by atoms with Gasteiger partial charge in [0.2, 0.25) is 0 Å². The van der Waals surface area contributed by atoms with Crippen molar-refractivity contribution in [2.24, 2.45) is 4.99 Å². The summed E-state index contributed by atoms with van der Waals surface area (Å²) in [7, 11) is 3.18. The van der Waals surface area contributed by atoms with Gasteiger partial charge in [-0.15, -0.1) is 0 Å². The van der Waals surface area contributed by atoms with Gasteiger partial charge in [0, 0.05) is 15.2 Å². The Morgan fingerprint density at radius 2 is 1.88 bits per heavy atom. The zero-order valence-electron chi connectivity index (χ0n) is 13.6. The summed E-state index contributed by atoms with van der Waals surface area (Å²) in [4.78, 5) is 17.2. The minimum Gasteiger partial charge on any atom is -0.497 e. The van der Waals surface area contributed by atoms with E-state index in [9.17, 15) is 4.79 Å². The van der Waals surface area contributed by atoms with Gasteiger partial charge in [-0.25, -0.2) is 4.99 Å². The third-order valence-electron chi connectivity index (χ3n) is 3.44. The van der Waals surface area contributed by atoms with Gasteiger partial charge >= 0.3 is 0 Å². The molecule has 0 aliphatic carbocycles. The van der Waals surface area contributed by atoms with E-state index in [0.717, 1.165) is 14.8 Å². The molecule has 1 amide bonds. The number of nitrogens with one attached hydrogen (secondary N) is 1. The van der Waals surface area contributed by atoms with Crippen molar-refractivity contribution in [1.29, 1.82) is 0 Å². The third-order valence-corrected chi connectivity index (χ3v) is 5.06. The summed E-state index contributed by atoms with van der Waals surface area (Å²) in [5.74, 6) is 1.17. The Kier molecular flexibility index (Phi) is 5.64. The number of halogens is 1. The van der Waals surface area contributed by atoms with Crippen LogP contribution in [0.3, 0.4) is 0 Å². The maximum atomic E-state index is 12.2. The largest absolute Gasteiger partial charge is 0.497 e. The molecule has 1 fully saturated rings. The molecule has 128 valence electrons. The lowest BCUT2D eigenvalue weighted by molar-refractivity contribution is -0.115. The van der Waals surface area contributed by atoms with E-state index in [4.69, 9.17) is 9.47 Å². The van der Waals surface area contributed by atoms with Crippen LogP contribution in [0.1, 0.15) is 5.56 Å². The lowest BCUT2D eigenvalue weighted by atomic mass is 10.1. The van der Waals surface area contributed by atoms with Crippen LogP contribution in [-0.4, -0.2) is 25.3 Å². The van der Waals surface area contributed by atoms with Crippen molar-refractivity contribution in [3.63, 3.8) is 0 Å². The van der Waals surface area contributed by atoms with Crippen LogP contribution in [0, 0.1) is 3.57 Å². The minimum atomic E-state index is -0.174. The van der Waals surface area contributed by atoms with Crippen LogP contribution in [0.4, 0.5) is 5.69 Å². The maximum Gasteiger partial charge on any atom is 0.264 e. The standard InChI is InChI=1S/C18H15IN2O3S/c1-23-14-8-3-11(15(10-14)24-2)9-16-17(22)21-18(25-16)20-13-6-4-12(19)5-7-13/h3-10H,1-2H3,(H,20,21,22)/b16-9+. The molecule has 1 N–H and O–H groups in total. The van der Waals surface area contributed by atoms with Gasteiger partial charge < -0.3 is 14.8 Å².